The number of fused-ring (bicyclic) bond motifs is 2. The summed E-state index contributed by atoms with van der Waals surface area (Å²) in [5.74, 6) is -1.84. The first kappa shape index (κ1) is 33.0. The van der Waals surface area contributed by atoms with Gasteiger partial charge >= 0.3 is 266 Å². The first-order chi connectivity index (χ1) is 21.7. The van der Waals surface area contributed by atoms with Gasteiger partial charge in [-0.15, -0.1) is 0 Å². The number of hydrogen-bond acceptors (Lipinski definition) is 0. The van der Waals surface area contributed by atoms with Gasteiger partial charge in [0.1, 0.15) is 0 Å². The van der Waals surface area contributed by atoms with Crippen molar-refractivity contribution in [1.82, 2.24) is 0 Å². The van der Waals surface area contributed by atoms with Crippen molar-refractivity contribution in [1.29, 1.82) is 0 Å². The maximum absolute atomic E-state index is 9.04. The van der Waals surface area contributed by atoms with Crippen LogP contribution in [0, 0.1) is 0 Å². The Balaban J connectivity index is 1.57. The topological polar surface area (TPSA) is 0 Å². The number of allylic oxidation sites excluding steroid dienone is 2. The summed E-state index contributed by atoms with van der Waals surface area (Å²) < 4.78 is 1.21. The molecule has 2 unspecified atom stereocenters. The molecule has 2 aliphatic rings. The summed E-state index contributed by atoms with van der Waals surface area (Å²) in [5.41, 5.74) is 10.6. The summed E-state index contributed by atoms with van der Waals surface area (Å²) in [4.78, 5) is 0. The summed E-state index contributed by atoms with van der Waals surface area (Å²) in [5, 5.41) is 0. The molecular weight excluding hydrogens is 683 g/mol. The Morgan fingerprint density at radius 3 is 2.11 bits per heavy atom. The number of hydrogen-bond donors (Lipinski definition) is 0. The number of benzene rings is 4. The summed E-state index contributed by atoms with van der Waals surface area (Å²) >= 11 is -5.73. The Bertz CT molecular complexity index is 1750. The fourth-order valence-corrected chi connectivity index (χ4v) is 52.2. The van der Waals surface area contributed by atoms with Gasteiger partial charge in [-0.3, -0.25) is 0 Å². The van der Waals surface area contributed by atoms with E-state index in [-0.39, 0.29) is 7.25 Å². The first-order valence-electron chi connectivity index (χ1n) is 17.2. The van der Waals surface area contributed by atoms with Crippen molar-refractivity contribution in [2.24, 2.45) is 0 Å². The normalized spacial score (nSPS) is 18.8. The van der Waals surface area contributed by atoms with Crippen LogP contribution in [0.3, 0.4) is 0 Å². The van der Waals surface area contributed by atoms with Crippen molar-refractivity contribution in [3.8, 4) is 11.1 Å². The number of rotatable bonds is 12. The van der Waals surface area contributed by atoms with E-state index in [0.717, 1.165) is 19.3 Å². The molecule has 0 aliphatic heterocycles. The first-order valence-corrected chi connectivity index (χ1v) is 34.8. The number of aryl methyl sites for hydroxylation is 1. The molecule has 0 nitrogen and oxygen atoms in total. The molecule has 2 atom stereocenters. The average Bonchev–Trinajstić information content (AvgIpc) is 3.68. The van der Waals surface area contributed by atoms with Gasteiger partial charge in [-0.25, -0.2) is 0 Å². The Hall–Kier alpha value is -1.96. The predicted octanol–water partition coefficient (Wildman–Crippen LogP) is 12.3. The minimum absolute atomic E-state index is 0.00264. The van der Waals surface area contributed by atoms with Crippen LogP contribution in [-0.4, -0.2) is 5.92 Å². The van der Waals surface area contributed by atoms with E-state index >= 15 is 0 Å². The molecule has 4 aromatic rings. The summed E-state index contributed by atoms with van der Waals surface area (Å²) in [7, 11) is 18.1. The molecule has 0 amide bonds. The Kier molecular flexibility index (Phi) is 9.21. The van der Waals surface area contributed by atoms with Crippen LogP contribution in [0.15, 0.2) is 109 Å². The van der Waals surface area contributed by atoms with Crippen LogP contribution in [-0.2, 0) is 20.5 Å². The third-order valence-electron chi connectivity index (χ3n) is 11.4. The number of halogens is 2. The zero-order chi connectivity index (χ0) is 31.7. The van der Waals surface area contributed by atoms with Crippen LogP contribution < -0.4 is 3.27 Å². The van der Waals surface area contributed by atoms with Crippen molar-refractivity contribution in [2.75, 3.05) is 0 Å². The predicted molar refractivity (Wildman–Crippen MR) is 200 cm³/mol. The third kappa shape index (κ3) is 5.09. The van der Waals surface area contributed by atoms with Gasteiger partial charge in [-0.2, -0.15) is 0 Å². The zero-order valence-electron chi connectivity index (χ0n) is 27.4. The van der Waals surface area contributed by atoms with Crippen molar-refractivity contribution < 1.29 is 14.1 Å². The van der Waals surface area contributed by atoms with E-state index in [1.807, 2.05) is 0 Å². The molecule has 0 saturated heterocycles. The molecule has 0 saturated carbocycles. The standard InChI is InChI=1S/C24H29.C9H7.C6H5.C2H7Si.2ClH.Zr/c1-3-5-6-7-10-19-13-15-21(16-14-19)23-12-8-11-22-17-20(9-4-2)18-24(22)23;1-2-5-9-7-3-6-8(9)4-1;1-2-4-6-5-3-1;1-3-2;;;/h8,11-18H,3-7,9-10H2,1-2H3;1-7H;1-5H;3H,1-2H3;2*1H;/q;;;;;;+2/p-2. The van der Waals surface area contributed by atoms with E-state index in [1.54, 1.807) is 0 Å². The van der Waals surface area contributed by atoms with Gasteiger partial charge in [-0.05, 0) is 0 Å². The molecule has 0 spiro atoms. The molecule has 6 rings (SSSR count). The van der Waals surface area contributed by atoms with Crippen molar-refractivity contribution >= 4 is 38.4 Å². The van der Waals surface area contributed by atoms with Gasteiger partial charge in [0.2, 0.25) is 0 Å². The molecule has 4 aromatic carbocycles. The fourth-order valence-electron chi connectivity index (χ4n) is 8.91. The van der Waals surface area contributed by atoms with Gasteiger partial charge in [0.25, 0.3) is 0 Å². The van der Waals surface area contributed by atoms with Crippen LogP contribution >= 0.6 is 17.0 Å². The second kappa shape index (κ2) is 12.6. The summed E-state index contributed by atoms with van der Waals surface area (Å²) in [6.45, 7) is 9.46. The molecule has 0 heterocycles. The summed E-state index contributed by atoms with van der Waals surface area (Å²) in [6, 6.07) is 36.1. The average molecular weight is 731 g/mol. The second-order valence-electron chi connectivity index (χ2n) is 14.1. The Morgan fingerprint density at radius 2 is 1.40 bits per heavy atom. The summed E-state index contributed by atoms with van der Waals surface area (Å²) in [6.07, 6.45) is 15.6. The van der Waals surface area contributed by atoms with Crippen molar-refractivity contribution in [3.63, 3.8) is 0 Å². The van der Waals surface area contributed by atoms with Crippen LogP contribution in [0.25, 0.3) is 23.3 Å². The van der Waals surface area contributed by atoms with Gasteiger partial charge in [0.05, 0.1) is 0 Å². The van der Waals surface area contributed by atoms with E-state index in [4.69, 9.17) is 17.0 Å². The van der Waals surface area contributed by atoms with Crippen molar-refractivity contribution in [2.45, 2.75) is 79.1 Å². The van der Waals surface area contributed by atoms with E-state index in [2.05, 4.69) is 142 Å². The molecule has 2 aliphatic carbocycles. The number of unbranched alkanes of at least 4 members (excludes halogenated alkanes) is 3. The monoisotopic (exact) mass is 728 g/mol. The molecule has 0 aromatic heterocycles. The Labute approximate surface area is 277 Å². The maximum atomic E-state index is 9.04. The molecule has 234 valence electrons. The van der Waals surface area contributed by atoms with E-state index in [9.17, 15) is 0 Å². The van der Waals surface area contributed by atoms with Gasteiger partial charge in [0, 0.05) is 0 Å². The van der Waals surface area contributed by atoms with Crippen LogP contribution in [0.4, 0.5) is 0 Å². The second-order valence-corrected chi connectivity index (χ2v) is 65.1. The van der Waals surface area contributed by atoms with Crippen LogP contribution in [0.2, 0.25) is 13.1 Å². The van der Waals surface area contributed by atoms with E-state index < -0.39 is 20.0 Å². The molecular formula is C41H48Cl2SiZr. The molecule has 45 heavy (non-hydrogen) atoms. The van der Waals surface area contributed by atoms with Gasteiger partial charge in [-0.1, -0.05) is 13.3 Å². The zero-order valence-corrected chi connectivity index (χ0v) is 32.5. The van der Waals surface area contributed by atoms with E-state index in [0.29, 0.717) is 0 Å². The quantitative estimate of drug-likeness (QED) is 0.101. The molecule has 0 radical (unpaired) electrons. The van der Waals surface area contributed by atoms with Crippen LogP contribution in [0.1, 0.15) is 87.4 Å². The minimum atomic E-state index is -5.73. The Morgan fingerprint density at radius 1 is 0.689 bits per heavy atom. The molecule has 0 bridgehead atoms. The SMILES string of the molecule is CCCCCCc1ccc(-c2cccc3c2C=C(CCC)[CH]3[Zr]([Cl])([Cl])([c]2ccccc2)([CH]2C=Cc3ccccc32)[SiH](C)C)cc1. The molecule has 0 fully saturated rings. The fraction of sp³-hybridized carbons (Fsp3) is 0.317. The molecule has 0 N–H and O–H groups in total. The third-order valence-corrected chi connectivity index (χ3v) is 78.6. The van der Waals surface area contributed by atoms with Gasteiger partial charge in [0.15, 0.2) is 0 Å². The molecule has 4 heteroatoms. The van der Waals surface area contributed by atoms with Crippen LogP contribution in [0.5, 0.6) is 0 Å². The van der Waals surface area contributed by atoms with Crippen molar-refractivity contribution in [3.05, 3.63) is 137 Å². The van der Waals surface area contributed by atoms with E-state index in [1.165, 1.54) is 73.5 Å². The van der Waals surface area contributed by atoms with Gasteiger partial charge < -0.3 is 0 Å².